The summed E-state index contributed by atoms with van der Waals surface area (Å²) in [4.78, 5) is 10.2. The number of ether oxygens (including phenoxy) is 4. The van der Waals surface area contributed by atoms with E-state index in [0.717, 1.165) is 13.0 Å². The maximum absolute atomic E-state index is 10.2. The second kappa shape index (κ2) is 29.3. The fraction of sp³-hybridized carbons (Fsp3) is 0.963. The molecule has 0 aromatic rings. The van der Waals surface area contributed by atoms with Crippen LogP contribution in [0, 0.1) is 0 Å². The molecule has 0 saturated carbocycles. The normalized spacial score (nSPS) is 11.3. The first-order valence-electron chi connectivity index (χ1n) is 13.8. The Balaban J connectivity index is 3.01. The summed E-state index contributed by atoms with van der Waals surface area (Å²) in [5, 5.41) is 8.41. The highest BCUT2D eigenvalue weighted by molar-refractivity contribution is 5.67. The lowest BCUT2D eigenvalue weighted by atomic mass is 10.0. The highest BCUT2D eigenvalue weighted by Gasteiger charge is 1.97. The molecule has 0 spiro atoms. The van der Waals surface area contributed by atoms with E-state index in [0.29, 0.717) is 33.0 Å². The minimum atomic E-state index is -0.965. The number of hydrogen-bond acceptors (Lipinski definition) is 5. The molecule has 33 heavy (non-hydrogen) atoms. The van der Waals surface area contributed by atoms with Crippen molar-refractivity contribution in [2.45, 2.75) is 116 Å². The molecule has 0 aliphatic heterocycles. The van der Waals surface area contributed by atoms with Crippen LogP contribution >= 0.6 is 0 Å². The second-order valence-corrected chi connectivity index (χ2v) is 8.94. The zero-order valence-corrected chi connectivity index (χ0v) is 21.7. The monoisotopic (exact) mass is 474 g/mol. The van der Waals surface area contributed by atoms with Crippen LogP contribution in [0.4, 0.5) is 0 Å². The van der Waals surface area contributed by atoms with Crippen LogP contribution in [0.15, 0.2) is 0 Å². The van der Waals surface area contributed by atoms with E-state index >= 15 is 0 Å². The SMILES string of the molecule is CCCCCCCCCCCCCCCCCCCOCCOCCOCCOCC(=O)O. The molecule has 198 valence electrons. The second-order valence-electron chi connectivity index (χ2n) is 8.94. The lowest BCUT2D eigenvalue weighted by molar-refractivity contribution is -0.142. The summed E-state index contributed by atoms with van der Waals surface area (Å²) in [7, 11) is 0. The summed E-state index contributed by atoms with van der Waals surface area (Å²) >= 11 is 0. The number of rotatable bonds is 29. The lowest BCUT2D eigenvalue weighted by Crippen LogP contribution is -2.14. The van der Waals surface area contributed by atoms with Crippen molar-refractivity contribution >= 4 is 5.97 Å². The van der Waals surface area contributed by atoms with Crippen LogP contribution in [-0.4, -0.2) is 63.9 Å². The Hall–Kier alpha value is -0.690. The Labute approximate surface area is 204 Å². The highest BCUT2D eigenvalue weighted by Crippen LogP contribution is 2.14. The first-order valence-corrected chi connectivity index (χ1v) is 13.8. The number of carboxylic acids is 1. The molecule has 0 aromatic carbocycles. The Kier molecular flexibility index (Phi) is 28.7. The van der Waals surface area contributed by atoms with E-state index in [1.54, 1.807) is 0 Å². The van der Waals surface area contributed by atoms with Gasteiger partial charge in [0.2, 0.25) is 0 Å². The summed E-state index contributed by atoms with van der Waals surface area (Å²) in [6.45, 7) is 5.69. The van der Waals surface area contributed by atoms with E-state index in [1.165, 1.54) is 103 Å². The molecule has 6 nitrogen and oxygen atoms in total. The zero-order chi connectivity index (χ0) is 24.1. The molecule has 0 amide bonds. The average Bonchev–Trinajstić information content (AvgIpc) is 2.80. The Morgan fingerprint density at radius 1 is 0.455 bits per heavy atom. The Morgan fingerprint density at radius 2 is 0.758 bits per heavy atom. The quantitative estimate of drug-likeness (QED) is 0.120. The molecule has 0 atom stereocenters. The van der Waals surface area contributed by atoms with Gasteiger partial charge in [0.05, 0.1) is 39.6 Å². The van der Waals surface area contributed by atoms with Crippen molar-refractivity contribution in [3.05, 3.63) is 0 Å². The molecule has 0 aromatic heterocycles. The van der Waals surface area contributed by atoms with Crippen LogP contribution in [-0.2, 0) is 23.7 Å². The van der Waals surface area contributed by atoms with Crippen LogP contribution in [0.2, 0.25) is 0 Å². The number of carbonyl (C=O) groups is 1. The minimum Gasteiger partial charge on any atom is -0.480 e. The van der Waals surface area contributed by atoms with Crippen molar-refractivity contribution < 1.29 is 28.8 Å². The third-order valence-electron chi connectivity index (χ3n) is 5.73. The van der Waals surface area contributed by atoms with Gasteiger partial charge in [0, 0.05) is 6.61 Å². The Morgan fingerprint density at radius 3 is 1.12 bits per heavy atom. The van der Waals surface area contributed by atoms with Crippen molar-refractivity contribution in [1.82, 2.24) is 0 Å². The summed E-state index contributed by atoms with van der Waals surface area (Å²) in [5.41, 5.74) is 0. The summed E-state index contributed by atoms with van der Waals surface area (Å²) in [6.07, 6.45) is 23.6. The topological polar surface area (TPSA) is 74.2 Å². The van der Waals surface area contributed by atoms with Gasteiger partial charge in [-0.2, -0.15) is 0 Å². The van der Waals surface area contributed by atoms with Gasteiger partial charge in [-0.1, -0.05) is 110 Å². The van der Waals surface area contributed by atoms with Gasteiger partial charge in [-0.05, 0) is 6.42 Å². The molecule has 0 radical (unpaired) electrons. The largest absolute Gasteiger partial charge is 0.480 e. The fourth-order valence-corrected chi connectivity index (χ4v) is 3.75. The van der Waals surface area contributed by atoms with Crippen LogP contribution in [0.5, 0.6) is 0 Å². The molecule has 0 rings (SSSR count). The molecule has 0 aliphatic carbocycles. The maximum atomic E-state index is 10.2. The van der Waals surface area contributed by atoms with E-state index in [-0.39, 0.29) is 13.2 Å². The van der Waals surface area contributed by atoms with Gasteiger partial charge >= 0.3 is 5.97 Å². The molecule has 0 fully saturated rings. The summed E-state index contributed by atoms with van der Waals surface area (Å²) < 4.78 is 21.2. The molecule has 6 heteroatoms. The standard InChI is InChI=1S/C27H54O6/c1-2-3-4-5-6-7-8-9-10-11-12-13-14-15-16-17-18-19-30-20-21-31-22-23-32-24-25-33-26-27(28)29/h2-26H2,1H3,(H,28,29). The van der Waals surface area contributed by atoms with Gasteiger partial charge in [-0.25, -0.2) is 4.79 Å². The van der Waals surface area contributed by atoms with E-state index in [2.05, 4.69) is 6.92 Å². The Bertz CT molecular complexity index is 378. The predicted molar refractivity (Wildman–Crippen MR) is 135 cm³/mol. The molecule has 0 saturated heterocycles. The van der Waals surface area contributed by atoms with Crippen molar-refractivity contribution in [3.63, 3.8) is 0 Å². The lowest BCUT2D eigenvalue weighted by Gasteiger charge is -2.07. The number of aliphatic carboxylic acids is 1. The van der Waals surface area contributed by atoms with Crippen LogP contribution in [0.1, 0.15) is 116 Å². The molecule has 0 aliphatic rings. The van der Waals surface area contributed by atoms with E-state index in [9.17, 15) is 4.79 Å². The van der Waals surface area contributed by atoms with Crippen molar-refractivity contribution in [1.29, 1.82) is 0 Å². The third kappa shape index (κ3) is 31.3. The minimum absolute atomic E-state index is 0.281. The molecule has 0 heterocycles. The predicted octanol–water partition coefficient (Wildman–Crippen LogP) is 6.79. The zero-order valence-electron chi connectivity index (χ0n) is 21.7. The maximum Gasteiger partial charge on any atom is 0.329 e. The number of carboxylic acid groups (broad SMARTS) is 1. The van der Waals surface area contributed by atoms with Crippen LogP contribution in [0.25, 0.3) is 0 Å². The van der Waals surface area contributed by atoms with Gasteiger partial charge in [0.1, 0.15) is 6.61 Å². The molecular formula is C27H54O6. The van der Waals surface area contributed by atoms with Crippen molar-refractivity contribution in [3.8, 4) is 0 Å². The third-order valence-corrected chi connectivity index (χ3v) is 5.73. The molecular weight excluding hydrogens is 420 g/mol. The first kappa shape index (κ1) is 32.3. The average molecular weight is 475 g/mol. The summed E-state index contributed by atoms with van der Waals surface area (Å²) in [5.74, 6) is -0.965. The van der Waals surface area contributed by atoms with Gasteiger partial charge < -0.3 is 24.1 Å². The molecule has 0 bridgehead atoms. The fourth-order valence-electron chi connectivity index (χ4n) is 3.75. The van der Waals surface area contributed by atoms with Gasteiger partial charge in [0.15, 0.2) is 0 Å². The van der Waals surface area contributed by atoms with Crippen molar-refractivity contribution in [2.24, 2.45) is 0 Å². The highest BCUT2D eigenvalue weighted by atomic mass is 16.6. The van der Waals surface area contributed by atoms with Gasteiger partial charge in [-0.15, -0.1) is 0 Å². The van der Waals surface area contributed by atoms with E-state index in [1.807, 2.05) is 0 Å². The van der Waals surface area contributed by atoms with Gasteiger partial charge in [0.25, 0.3) is 0 Å². The van der Waals surface area contributed by atoms with Crippen LogP contribution < -0.4 is 0 Å². The number of hydrogen-bond donors (Lipinski definition) is 1. The number of unbranched alkanes of at least 4 members (excludes halogenated alkanes) is 16. The van der Waals surface area contributed by atoms with Gasteiger partial charge in [-0.3, -0.25) is 0 Å². The van der Waals surface area contributed by atoms with Crippen LogP contribution in [0.3, 0.4) is 0 Å². The smallest absolute Gasteiger partial charge is 0.329 e. The van der Waals surface area contributed by atoms with Crippen molar-refractivity contribution in [2.75, 3.05) is 52.9 Å². The summed E-state index contributed by atoms with van der Waals surface area (Å²) in [6, 6.07) is 0. The molecule has 1 N–H and O–H groups in total. The van der Waals surface area contributed by atoms with E-state index < -0.39 is 5.97 Å². The first-order chi connectivity index (χ1) is 16.3. The molecule has 0 unspecified atom stereocenters. The van der Waals surface area contributed by atoms with E-state index in [4.69, 9.17) is 24.1 Å².